The van der Waals surface area contributed by atoms with Gasteiger partial charge in [-0.3, -0.25) is 0 Å². The summed E-state index contributed by atoms with van der Waals surface area (Å²) in [6.07, 6.45) is 0.703. The normalized spacial score (nSPS) is 12.9. The average molecular weight is 273 g/mol. The summed E-state index contributed by atoms with van der Waals surface area (Å²) in [5, 5.41) is 6.43. The van der Waals surface area contributed by atoms with E-state index in [4.69, 9.17) is 4.42 Å². The Labute approximate surface area is 115 Å². The van der Waals surface area contributed by atoms with Crippen LogP contribution in [0.15, 0.2) is 34.1 Å². The number of likely N-dealkylation sites (N-methyl/N-ethyl adjacent to an activating group) is 1. The number of aromatic nitrogens is 2. The van der Waals surface area contributed by atoms with E-state index in [1.807, 2.05) is 38.2 Å². The maximum absolute atomic E-state index is 5.75. The van der Waals surface area contributed by atoms with Crippen molar-refractivity contribution in [3.8, 4) is 0 Å². The zero-order chi connectivity index (χ0) is 13.2. The molecule has 2 aromatic heterocycles. The van der Waals surface area contributed by atoms with Crippen LogP contribution in [0, 0.1) is 6.92 Å². The first kappa shape index (κ1) is 12.3. The van der Waals surface area contributed by atoms with E-state index < -0.39 is 0 Å². The molecule has 0 aliphatic heterocycles. The van der Waals surface area contributed by atoms with Crippen LogP contribution in [0.3, 0.4) is 0 Å². The molecular weight excluding hydrogens is 258 g/mol. The Hall–Kier alpha value is -1.72. The predicted molar refractivity (Wildman–Crippen MR) is 76.4 cm³/mol. The molecule has 3 aromatic rings. The third kappa shape index (κ3) is 2.52. The van der Waals surface area contributed by atoms with E-state index in [-0.39, 0.29) is 6.04 Å². The summed E-state index contributed by atoms with van der Waals surface area (Å²) in [4.78, 5) is 9.02. The number of nitrogens with zero attached hydrogens (tertiary/aromatic N) is 2. The number of thiazole rings is 1. The molecule has 98 valence electrons. The van der Waals surface area contributed by atoms with Crippen molar-refractivity contribution in [1.82, 2.24) is 15.3 Å². The molecule has 2 heterocycles. The molecule has 5 heteroatoms. The fourth-order valence-corrected chi connectivity index (χ4v) is 2.74. The van der Waals surface area contributed by atoms with Gasteiger partial charge in [0, 0.05) is 11.8 Å². The predicted octanol–water partition coefficient (Wildman–Crippen LogP) is 3.10. The number of hydrogen-bond acceptors (Lipinski definition) is 5. The summed E-state index contributed by atoms with van der Waals surface area (Å²) in [6.45, 7) is 2.01. The molecule has 0 spiro atoms. The topological polar surface area (TPSA) is 51.0 Å². The zero-order valence-electron chi connectivity index (χ0n) is 10.9. The van der Waals surface area contributed by atoms with E-state index in [2.05, 4.69) is 20.7 Å². The maximum Gasteiger partial charge on any atom is 0.197 e. The summed E-state index contributed by atoms with van der Waals surface area (Å²) in [5.74, 6) is 0.742. The molecule has 4 nitrogen and oxygen atoms in total. The minimum atomic E-state index is 0.137. The van der Waals surface area contributed by atoms with E-state index in [9.17, 15) is 0 Å². The Balaban J connectivity index is 1.86. The molecule has 0 bridgehead atoms. The number of para-hydroxylation sites is 2. The highest BCUT2D eigenvalue weighted by Crippen LogP contribution is 2.22. The van der Waals surface area contributed by atoms with Gasteiger partial charge >= 0.3 is 0 Å². The lowest BCUT2D eigenvalue weighted by Crippen LogP contribution is -2.19. The van der Waals surface area contributed by atoms with Gasteiger partial charge in [0.2, 0.25) is 0 Å². The van der Waals surface area contributed by atoms with Crippen molar-refractivity contribution >= 4 is 22.4 Å². The molecule has 1 aromatic carbocycles. The average Bonchev–Trinajstić information content (AvgIpc) is 3.01. The molecular formula is C14H15N3OS. The first-order valence-electron chi connectivity index (χ1n) is 6.20. The van der Waals surface area contributed by atoms with Crippen molar-refractivity contribution in [2.24, 2.45) is 0 Å². The largest absolute Gasteiger partial charge is 0.441 e. The molecule has 0 saturated heterocycles. The molecule has 0 aliphatic carbocycles. The minimum absolute atomic E-state index is 0.137. The number of rotatable bonds is 4. The molecule has 0 saturated carbocycles. The van der Waals surface area contributed by atoms with Crippen LogP contribution in [-0.4, -0.2) is 17.0 Å². The summed E-state index contributed by atoms with van der Waals surface area (Å²) in [6, 6.07) is 7.96. The van der Waals surface area contributed by atoms with Crippen LogP contribution < -0.4 is 5.32 Å². The fourth-order valence-electron chi connectivity index (χ4n) is 2.08. The van der Waals surface area contributed by atoms with Gasteiger partial charge in [0.1, 0.15) is 5.52 Å². The van der Waals surface area contributed by atoms with Crippen LogP contribution in [0.5, 0.6) is 0 Å². The van der Waals surface area contributed by atoms with Gasteiger partial charge in [0.15, 0.2) is 11.5 Å². The minimum Gasteiger partial charge on any atom is -0.441 e. The lowest BCUT2D eigenvalue weighted by Gasteiger charge is -2.10. The first-order chi connectivity index (χ1) is 9.26. The molecule has 1 atom stereocenters. The number of hydrogen-bond donors (Lipinski definition) is 1. The number of fused-ring (bicyclic) bond motifs is 1. The number of nitrogens with one attached hydrogen (secondary N) is 1. The van der Waals surface area contributed by atoms with Gasteiger partial charge in [-0.25, -0.2) is 9.97 Å². The molecule has 0 fully saturated rings. The van der Waals surface area contributed by atoms with Crippen LogP contribution in [0.2, 0.25) is 0 Å². The second kappa shape index (κ2) is 5.11. The van der Waals surface area contributed by atoms with Crippen LogP contribution in [0.4, 0.5) is 0 Å². The Bertz CT molecular complexity index is 656. The number of oxazole rings is 1. The third-order valence-corrected chi connectivity index (χ3v) is 3.85. The highest BCUT2D eigenvalue weighted by molar-refractivity contribution is 7.09. The molecule has 0 radical (unpaired) electrons. The van der Waals surface area contributed by atoms with Gasteiger partial charge in [0.25, 0.3) is 0 Å². The van der Waals surface area contributed by atoms with E-state index in [0.717, 1.165) is 27.7 Å². The Morgan fingerprint density at radius 3 is 2.84 bits per heavy atom. The quantitative estimate of drug-likeness (QED) is 0.793. The Kier molecular flexibility index (Phi) is 3.31. The van der Waals surface area contributed by atoms with E-state index >= 15 is 0 Å². The van der Waals surface area contributed by atoms with Crippen molar-refractivity contribution in [3.63, 3.8) is 0 Å². The summed E-state index contributed by atoms with van der Waals surface area (Å²) in [7, 11) is 1.93. The summed E-state index contributed by atoms with van der Waals surface area (Å²) >= 11 is 1.66. The second-order valence-corrected chi connectivity index (χ2v) is 5.47. The maximum atomic E-state index is 5.75. The lowest BCUT2D eigenvalue weighted by molar-refractivity contribution is 0.469. The van der Waals surface area contributed by atoms with Crippen LogP contribution >= 0.6 is 11.3 Å². The first-order valence-corrected chi connectivity index (χ1v) is 7.08. The molecule has 19 heavy (non-hydrogen) atoms. The van der Waals surface area contributed by atoms with Crippen LogP contribution in [-0.2, 0) is 6.42 Å². The van der Waals surface area contributed by atoms with E-state index in [1.54, 1.807) is 11.3 Å². The molecule has 0 amide bonds. The third-order valence-electron chi connectivity index (χ3n) is 3.06. The van der Waals surface area contributed by atoms with Gasteiger partial charge in [-0.1, -0.05) is 12.1 Å². The van der Waals surface area contributed by atoms with Crippen molar-refractivity contribution in [2.45, 2.75) is 19.4 Å². The van der Waals surface area contributed by atoms with Crippen molar-refractivity contribution in [3.05, 3.63) is 46.2 Å². The monoisotopic (exact) mass is 273 g/mol. The van der Waals surface area contributed by atoms with Crippen molar-refractivity contribution < 1.29 is 4.42 Å². The Morgan fingerprint density at radius 1 is 1.32 bits per heavy atom. The number of benzene rings is 1. The highest BCUT2D eigenvalue weighted by Gasteiger charge is 2.16. The molecule has 1 unspecified atom stereocenters. The number of aryl methyl sites for hydroxylation is 1. The summed E-state index contributed by atoms with van der Waals surface area (Å²) < 4.78 is 5.75. The van der Waals surface area contributed by atoms with Crippen molar-refractivity contribution in [1.29, 1.82) is 0 Å². The molecule has 3 rings (SSSR count). The van der Waals surface area contributed by atoms with Gasteiger partial charge in [0.05, 0.1) is 16.7 Å². The molecule has 0 aliphatic rings. The van der Waals surface area contributed by atoms with Gasteiger partial charge in [-0.2, -0.15) is 0 Å². The highest BCUT2D eigenvalue weighted by atomic mass is 32.1. The van der Waals surface area contributed by atoms with Gasteiger partial charge < -0.3 is 9.73 Å². The zero-order valence-corrected chi connectivity index (χ0v) is 11.7. The Morgan fingerprint density at radius 2 is 2.16 bits per heavy atom. The van der Waals surface area contributed by atoms with Crippen LogP contribution in [0.1, 0.15) is 22.6 Å². The van der Waals surface area contributed by atoms with Crippen molar-refractivity contribution in [2.75, 3.05) is 7.05 Å². The van der Waals surface area contributed by atoms with E-state index in [1.165, 1.54) is 0 Å². The lowest BCUT2D eigenvalue weighted by atomic mass is 10.1. The van der Waals surface area contributed by atoms with Gasteiger partial charge in [-0.05, 0) is 26.1 Å². The van der Waals surface area contributed by atoms with Crippen LogP contribution in [0.25, 0.3) is 11.1 Å². The van der Waals surface area contributed by atoms with Gasteiger partial charge in [-0.15, -0.1) is 11.3 Å². The smallest absolute Gasteiger partial charge is 0.197 e. The SMILES string of the molecule is CNC(Cc1nc2ccccc2o1)c1csc(C)n1. The van der Waals surface area contributed by atoms with E-state index in [0.29, 0.717) is 6.42 Å². The fraction of sp³-hybridized carbons (Fsp3) is 0.286. The standard InChI is InChI=1S/C14H15N3OS/c1-9-16-12(8-19-9)11(15-2)7-14-17-10-5-3-4-6-13(10)18-14/h3-6,8,11,15H,7H2,1-2H3. The second-order valence-electron chi connectivity index (χ2n) is 4.41. The summed E-state index contributed by atoms with van der Waals surface area (Å²) in [5.41, 5.74) is 2.79. The molecule has 1 N–H and O–H groups in total.